The van der Waals surface area contributed by atoms with Crippen LogP contribution in [0.4, 0.5) is 5.69 Å². The Balaban J connectivity index is 1.76. The highest BCUT2D eigenvalue weighted by Gasteiger charge is 2.13. The van der Waals surface area contributed by atoms with Crippen LogP contribution in [-0.2, 0) is 11.4 Å². The average Bonchev–Trinajstić information content (AvgIpc) is 2.73. The molecule has 0 spiro atoms. The Morgan fingerprint density at radius 3 is 2.32 bits per heavy atom. The molecule has 4 nitrogen and oxygen atoms in total. The lowest BCUT2D eigenvalue weighted by Gasteiger charge is -2.12. The second-order valence-electron chi connectivity index (χ2n) is 7.08. The molecule has 3 rings (SSSR count). The molecule has 0 aliphatic carbocycles. The highest BCUT2D eigenvalue weighted by Crippen LogP contribution is 2.30. The molecule has 156 valence electrons. The van der Waals surface area contributed by atoms with E-state index in [1.54, 1.807) is 6.08 Å². The third kappa shape index (κ3) is 6.55. The van der Waals surface area contributed by atoms with Gasteiger partial charge in [0, 0.05) is 5.69 Å². The third-order valence-corrected chi connectivity index (χ3v) is 6.07. The molecule has 0 heterocycles. The number of carbonyl (C=O) groups is 1. The standard InChI is InChI=1S/C25H20I2N2O2/c1-16-6-8-21(9-7-16)29-25(30)20(14-28)11-19-12-22(26)24(23(27)13-19)31-15-18-5-3-4-17(2)10-18/h3-13H,15H2,1-2H3,(H,29,30)/b20-11+. The number of benzene rings is 3. The van der Waals surface area contributed by atoms with Crippen LogP contribution < -0.4 is 10.1 Å². The van der Waals surface area contributed by atoms with Crippen LogP contribution in [0.1, 0.15) is 22.3 Å². The Bertz CT molecular complexity index is 1160. The number of hydrogen-bond acceptors (Lipinski definition) is 3. The van der Waals surface area contributed by atoms with E-state index in [9.17, 15) is 10.1 Å². The number of hydrogen-bond donors (Lipinski definition) is 1. The van der Waals surface area contributed by atoms with E-state index in [1.807, 2.05) is 61.5 Å². The molecule has 0 saturated heterocycles. The number of aryl methyl sites for hydroxylation is 2. The van der Waals surface area contributed by atoms with Crippen molar-refractivity contribution >= 4 is 62.9 Å². The molecule has 1 amide bonds. The largest absolute Gasteiger partial charge is 0.487 e. The summed E-state index contributed by atoms with van der Waals surface area (Å²) in [5.41, 5.74) is 4.87. The van der Waals surface area contributed by atoms with Gasteiger partial charge in [-0.2, -0.15) is 5.26 Å². The summed E-state index contributed by atoms with van der Waals surface area (Å²) in [7, 11) is 0. The molecule has 0 unspecified atom stereocenters. The third-order valence-electron chi connectivity index (χ3n) is 4.47. The van der Waals surface area contributed by atoms with Gasteiger partial charge in [-0.25, -0.2) is 0 Å². The first-order chi connectivity index (χ1) is 14.9. The van der Waals surface area contributed by atoms with Crippen molar-refractivity contribution in [3.8, 4) is 11.8 Å². The summed E-state index contributed by atoms with van der Waals surface area (Å²) in [6.45, 7) is 4.51. The highest BCUT2D eigenvalue weighted by molar-refractivity contribution is 14.1. The summed E-state index contributed by atoms with van der Waals surface area (Å²) < 4.78 is 7.88. The van der Waals surface area contributed by atoms with Gasteiger partial charge in [-0.3, -0.25) is 4.79 Å². The summed E-state index contributed by atoms with van der Waals surface area (Å²) in [5, 5.41) is 12.3. The predicted octanol–water partition coefficient (Wildman–Crippen LogP) is 6.64. The zero-order valence-corrected chi connectivity index (χ0v) is 21.4. The number of rotatable bonds is 6. The van der Waals surface area contributed by atoms with Crippen LogP contribution in [-0.4, -0.2) is 5.91 Å². The van der Waals surface area contributed by atoms with Gasteiger partial charge < -0.3 is 10.1 Å². The van der Waals surface area contributed by atoms with Gasteiger partial charge in [0.2, 0.25) is 0 Å². The predicted molar refractivity (Wildman–Crippen MR) is 141 cm³/mol. The first-order valence-corrected chi connectivity index (χ1v) is 11.7. The lowest BCUT2D eigenvalue weighted by molar-refractivity contribution is -0.112. The molecule has 0 aromatic heterocycles. The fourth-order valence-electron chi connectivity index (χ4n) is 2.91. The fourth-order valence-corrected chi connectivity index (χ4v) is 5.04. The monoisotopic (exact) mass is 634 g/mol. The van der Waals surface area contributed by atoms with Crippen LogP contribution in [0.3, 0.4) is 0 Å². The number of nitrogens with one attached hydrogen (secondary N) is 1. The second kappa shape index (κ2) is 10.8. The quantitative estimate of drug-likeness (QED) is 0.188. The molecular formula is C25H20I2N2O2. The highest BCUT2D eigenvalue weighted by atomic mass is 127. The number of nitrogens with zero attached hydrogens (tertiary/aromatic N) is 1. The lowest BCUT2D eigenvalue weighted by atomic mass is 10.1. The number of halogens is 2. The summed E-state index contributed by atoms with van der Waals surface area (Å²) in [6, 6.07) is 21.5. The molecule has 3 aromatic carbocycles. The first-order valence-electron chi connectivity index (χ1n) is 9.53. The molecular weight excluding hydrogens is 614 g/mol. The van der Waals surface area contributed by atoms with E-state index >= 15 is 0 Å². The van der Waals surface area contributed by atoms with Crippen molar-refractivity contribution in [3.63, 3.8) is 0 Å². The Morgan fingerprint density at radius 1 is 1.03 bits per heavy atom. The maximum absolute atomic E-state index is 12.5. The Kier molecular flexibility index (Phi) is 8.09. The molecule has 1 N–H and O–H groups in total. The van der Waals surface area contributed by atoms with Crippen LogP contribution in [0.2, 0.25) is 0 Å². The SMILES string of the molecule is Cc1ccc(NC(=O)/C(C#N)=C/c2cc(I)c(OCc3cccc(C)c3)c(I)c2)cc1. The number of anilines is 1. The van der Waals surface area contributed by atoms with Crippen LogP contribution >= 0.6 is 45.2 Å². The molecule has 3 aromatic rings. The average molecular weight is 634 g/mol. The molecule has 0 saturated carbocycles. The molecule has 0 atom stereocenters. The molecule has 6 heteroatoms. The minimum Gasteiger partial charge on any atom is -0.487 e. The van der Waals surface area contributed by atoms with Gasteiger partial charge in [0.05, 0.1) is 7.14 Å². The Morgan fingerprint density at radius 2 is 1.71 bits per heavy atom. The molecule has 0 aliphatic heterocycles. The van der Waals surface area contributed by atoms with Gasteiger partial charge in [0.15, 0.2) is 0 Å². The van der Waals surface area contributed by atoms with E-state index in [4.69, 9.17) is 4.74 Å². The minimum atomic E-state index is -0.434. The van der Waals surface area contributed by atoms with Crippen molar-refractivity contribution < 1.29 is 9.53 Å². The molecule has 0 bridgehead atoms. The molecule has 0 fully saturated rings. The van der Waals surface area contributed by atoms with Gasteiger partial charge in [-0.05, 0) is 100 Å². The van der Waals surface area contributed by atoms with Crippen molar-refractivity contribution in [2.75, 3.05) is 5.32 Å². The fraction of sp³-hybridized carbons (Fsp3) is 0.120. The minimum absolute atomic E-state index is 0.0422. The maximum Gasteiger partial charge on any atom is 0.266 e. The van der Waals surface area contributed by atoms with Crippen molar-refractivity contribution in [3.05, 3.63) is 95.6 Å². The van der Waals surface area contributed by atoms with Gasteiger partial charge in [-0.15, -0.1) is 0 Å². The maximum atomic E-state index is 12.5. The van der Waals surface area contributed by atoms with E-state index in [0.717, 1.165) is 29.6 Å². The topological polar surface area (TPSA) is 62.1 Å². The smallest absolute Gasteiger partial charge is 0.266 e. The van der Waals surface area contributed by atoms with Crippen LogP contribution in [0.25, 0.3) is 6.08 Å². The Hall–Kier alpha value is -2.38. The zero-order chi connectivity index (χ0) is 22.4. The molecule has 0 radical (unpaired) electrons. The van der Waals surface area contributed by atoms with Crippen LogP contribution in [0.15, 0.2) is 66.2 Å². The van der Waals surface area contributed by atoms with Crippen molar-refractivity contribution in [2.45, 2.75) is 20.5 Å². The van der Waals surface area contributed by atoms with E-state index in [2.05, 4.69) is 69.6 Å². The summed E-state index contributed by atoms with van der Waals surface area (Å²) in [5.74, 6) is 0.360. The normalized spacial score (nSPS) is 11.0. The summed E-state index contributed by atoms with van der Waals surface area (Å²) >= 11 is 4.43. The second-order valence-corrected chi connectivity index (χ2v) is 9.41. The van der Waals surface area contributed by atoms with E-state index in [-0.39, 0.29) is 5.57 Å². The zero-order valence-electron chi connectivity index (χ0n) is 17.1. The number of nitriles is 1. The van der Waals surface area contributed by atoms with Crippen LogP contribution in [0.5, 0.6) is 5.75 Å². The first kappa shape index (κ1) is 23.3. The number of ether oxygens (including phenoxy) is 1. The van der Waals surface area contributed by atoms with Crippen LogP contribution in [0, 0.1) is 32.3 Å². The Labute approximate surface area is 209 Å². The lowest BCUT2D eigenvalue weighted by Crippen LogP contribution is -2.13. The van der Waals surface area contributed by atoms with Crippen molar-refractivity contribution in [2.24, 2.45) is 0 Å². The molecule has 31 heavy (non-hydrogen) atoms. The number of carbonyl (C=O) groups excluding carboxylic acids is 1. The van der Waals surface area contributed by atoms with E-state index in [0.29, 0.717) is 12.3 Å². The van der Waals surface area contributed by atoms with Gasteiger partial charge in [0.25, 0.3) is 5.91 Å². The van der Waals surface area contributed by atoms with Gasteiger partial charge in [0.1, 0.15) is 24.0 Å². The van der Waals surface area contributed by atoms with Gasteiger partial charge in [-0.1, -0.05) is 47.5 Å². The van der Waals surface area contributed by atoms with Crippen molar-refractivity contribution in [1.82, 2.24) is 0 Å². The summed E-state index contributed by atoms with van der Waals surface area (Å²) in [4.78, 5) is 12.5. The number of amides is 1. The van der Waals surface area contributed by atoms with Crippen molar-refractivity contribution in [1.29, 1.82) is 5.26 Å². The molecule has 0 aliphatic rings. The summed E-state index contributed by atoms with van der Waals surface area (Å²) in [6.07, 6.45) is 1.60. The van der Waals surface area contributed by atoms with Gasteiger partial charge >= 0.3 is 0 Å². The van der Waals surface area contributed by atoms with E-state index in [1.165, 1.54) is 5.56 Å². The van der Waals surface area contributed by atoms with E-state index < -0.39 is 5.91 Å².